The molecule has 2 heterocycles. The number of carbonyl (C=O) groups is 2. The van der Waals surface area contributed by atoms with Crippen LogP contribution in [0.25, 0.3) is 0 Å². The van der Waals surface area contributed by atoms with Gasteiger partial charge in [-0.1, -0.05) is 13.0 Å². The zero-order valence-electron chi connectivity index (χ0n) is 10.5. The molecule has 2 rings (SSSR count). The van der Waals surface area contributed by atoms with Crippen LogP contribution in [0.3, 0.4) is 0 Å². The number of rotatable bonds is 2. The Morgan fingerprint density at radius 1 is 1.47 bits per heavy atom. The fourth-order valence-corrected chi connectivity index (χ4v) is 2.73. The Bertz CT molecular complexity index is 506. The van der Waals surface area contributed by atoms with Gasteiger partial charge in [0.1, 0.15) is 10.3 Å². The molecule has 1 aromatic rings. The molecule has 0 spiro atoms. The van der Waals surface area contributed by atoms with Crippen LogP contribution in [0.1, 0.15) is 23.8 Å². The van der Waals surface area contributed by atoms with E-state index in [9.17, 15) is 9.59 Å². The van der Waals surface area contributed by atoms with Gasteiger partial charge in [0.15, 0.2) is 0 Å². The molecule has 1 saturated heterocycles. The van der Waals surface area contributed by atoms with E-state index < -0.39 is 5.97 Å². The van der Waals surface area contributed by atoms with Crippen LogP contribution >= 0.6 is 15.9 Å². The molecule has 0 bridgehead atoms. The monoisotopic (exact) mass is 326 g/mol. The lowest BCUT2D eigenvalue weighted by Crippen LogP contribution is -2.45. The summed E-state index contributed by atoms with van der Waals surface area (Å²) < 4.78 is 0.617. The molecule has 2 unspecified atom stereocenters. The van der Waals surface area contributed by atoms with Crippen LogP contribution in [0.2, 0.25) is 0 Å². The number of hydrogen-bond donors (Lipinski definition) is 1. The molecule has 1 aliphatic heterocycles. The maximum Gasteiger partial charge on any atom is 0.306 e. The van der Waals surface area contributed by atoms with Crippen LogP contribution in [-0.4, -0.2) is 40.0 Å². The largest absolute Gasteiger partial charge is 0.481 e. The van der Waals surface area contributed by atoms with E-state index in [0.717, 1.165) is 0 Å². The first-order chi connectivity index (χ1) is 8.99. The molecule has 1 N–H and O–H groups in total. The highest BCUT2D eigenvalue weighted by atomic mass is 79.9. The number of hydrogen-bond acceptors (Lipinski definition) is 3. The van der Waals surface area contributed by atoms with Crippen molar-refractivity contribution in [2.45, 2.75) is 13.3 Å². The van der Waals surface area contributed by atoms with E-state index in [1.54, 1.807) is 23.1 Å². The second kappa shape index (κ2) is 5.69. The number of aromatic nitrogens is 1. The first kappa shape index (κ1) is 14.0. The molecule has 19 heavy (non-hydrogen) atoms. The number of pyridine rings is 1. The van der Waals surface area contributed by atoms with Gasteiger partial charge in [0.2, 0.25) is 0 Å². The van der Waals surface area contributed by atoms with E-state index in [-0.39, 0.29) is 17.7 Å². The van der Waals surface area contributed by atoms with Gasteiger partial charge in [-0.25, -0.2) is 4.98 Å². The van der Waals surface area contributed by atoms with Crippen molar-refractivity contribution in [2.24, 2.45) is 11.8 Å². The quantitative estimate of drug-likeness (QED) is 0.844. The predicted octanol–water partition coefficient (Wildman–Crippen LogP) is 2.03. The predicted molar refractivity (Wildman–Crippen MR) is 72.7 cm³/mol. The van der Waals surface area contributed by atoms with Crippen LogP contribution < -0.4 is 0 Å². The fourth-order valence-electron chi connectivity index (χ4n) is 2.39. The topological polar surface area (TPSA) is 70.5 Å². The van der Waals surface area contributed by atoms with E-state index in [0.29, 0.717) is 29.8 Å². The maximum atomic E-state index is 12.3. The second-order valence-corrected chi connectivity index (χ2v) is 5.62. The molecule has 6 heteroatoms. The van der Waals surface area contributed by atoms with Crippen molar-refractivity contribution in [2.75, 3.05) is 13.1 Å². The van der Waals surface area contributed by atoms with Gasteiger partial charge in [0.05, 0.1) is 5.92 Å². The van der Waals surface area contributed by atoms with Gasteiger partial charge in [-0.3, -0.25) is 9.59 Å². The van der Waals surface area contributed by atoms with Crippen molar-refractivity contribution in [3.05, 3.63) is 28.5 Å². The standard InChI is InChI=1S/C13H15BrN2O3/c1-8-7-16(6-5-9(8)13(18)19)12(17)10-3-2-4-11(14)15-10/h2-4,8-9H,5-7H2,1H3,(H,18,19). The summed E-state index contributed by atoms with van der Waals surface area (Å²) in [6.45, 7) is 2.80. The summed E-state index contributed by atoms with van der Waals surface area (Å²) in [5.74, 6) is -1.32. The first-order valence-corrected chi connectivity index (χ1v) is 6.93. The molecular weight excluding hydrogens is 312 g/mol. The van der Waals surface area contributed by atoms with E-state index in [2.05, 4.69) is 20.9 Å². The Balaban J connectivity index is 2.08. The summed E-state index contributed by atoms with van der Waals surface area (Å²) in [6, 6.07) is 5.19. The van der Waals surface area contributed by atoms with E-state index in [1.165, 1.54) is 0 Å². The van der Waals surface area contributed by atoms with Crippen molar-refractivity contribution in [1.82, 2.24) is 9.88 Å². The average molecular weight is 327 g/mol. The average Bonchev–Trinajstić information content (AvgIpc) is 2.37. The summed E-state index contributed by atoms with van der Waals surface area (Å²) in [5.41, 5.74) is 0.385. The molecule has 1 aliphatic rings. The van der Waals surface area contributed by atoms with Crippen LogP contribution in [0.15, 0.2) is 22.8 Å². The van der Waals surface area contributed by atoms with Crippen LogP contribution in [0, 0.1) is 11.8 Å². The zero-order chi connectivity index (χ0) is 14.0. The number of halogens is 1. The molecule has 2 atom stereocenters. The number of carboxylic acid groups (broad SMARTS) is 1. The van der Waals surface area contributed by atoms with Gasteiger partial charge in [-0.05, 0) is 40.4 Å². The Morgan fingerprint density at radius 2 is 2.21 bits per heavy atom. The summed E-state index contributed by atoms with van der Waals surface area (Å²) in [5, 5.41) is 9.06. The number of piperidine rings is 1. The number of aliphatic carboxylic acids is 1. The smallest absolute Gasteiger partial charge is 0.306 e. The number of nitrogens with zero attached hydrogens (tertiary/aromatic N) is 2. The van der Waals surface area contributed by atoms with Gasteiger partial charge < -0.3 is 10.0 Å². The minimum absolute atomic E-state index is 0.0395. The maximum absolute atomic E-state index is 12.3. The summed E-state index contributed by atoms with van der Waals surface area (Å²) >= 11 is 3.24. The van der Waals surface area contributed by atoms with Crippen LogP contribution in [0.5, 0.6) is 0 Å². The highest BCUT2D eigenvalue weighted by molar-refractivity contribution is 9.10. The molecule has 0 radical (unpaired) electrons. The van der Waals surface area contributed by atoms with Gasteiger partial charge in [-0.2, -0.15) is 0 Å². The lowest BCUT2D eigenvalue weighted by molar-refractivity contribution is -0.145. The van der Waals surface area contributed by atoms with Crippen molar-refractivity contribution >= 4 is 27.8 Å². The number of carbonyl (C=O) groups excluding carboxylic acids is 1. The number of amides is 1. The Kier molecular flexibility index (Phi) is 4.19. The minimum Gasteiger partial charge on any atom is -0.481 e. The number of carboxylic acids is 1. The van der Waals surface area contributed by atoms with E-state index in [4.69, 9.17) is 5.11 Å². The molecule has 1 fully saturated rings. The van der Waals surface area contributed by atoms with Crippen LogP contribution in [0.4, 0.5) is 0 Å². The van der Waals surface area contributed by atoms with Crippen molar-refractivity contribution in [3.63, 3.8) is 0 Å². The minimum atomic E-state index is -0.778. The highest BCUT2D eigenvalue weighted by Gasteiger charge is 2.33. The zero-order valence-corrected chi connectivity index (χ0v) is 12.1. The third kappa shape index (κ3) is 3.12. The molecule has 1 aromatic heterocycles. The lowest BCUT2D eigenvalue weighted by atomic mass is 9.87. The highest BCUT2D eigenvalue weighted by Crippen LogP contribution is 2.24. The van der Waals surface area contributed by atoms with Gasteiger partial charge >= 0.3 is 5.97 Å². The molecule has 5 nitrogen and oxygen atoms in total. The molecule has 1 amide bonds. The summed E-state index contributed by atoms with van der Waals surface area (Å²) in [6.07, 6.45) is 0.496. The fraction of sp³-hybridized carbons (Fsp3) is 0.462. The number of likely N-dealkylation sites (tertiary alicyclic amines) is 1. The molecule has 0 aliphatic carbocycles. The van der Waals surface area contributed by atoms with Crippen molar-refractivity contribution < 1.29 is 14.7 Å². The Morgan fingerprint density at radius 3 is 2.79 bits per heavy atom. The normalized spacial score (nSPS) is 23.2. The van der Waals surface area contributed by atoms with E-state index >= 15 is 0 Å². The van der Waals surface area contributed by atoms with Crippen molar-refractivity contribution in [1.29, 1.82) is 0 Å². The second-order valence-electron chi connectivity index (χ2n) is 4.81. The lowest BCUT2D eigenvalue weighted by Gasteiger charge is -2.34. The third-order valence-corrected chi connectivity index (χ3v) is 3.89. The molecule has 0 aromatic carbocycles. The van der Waals surface area contributed by atoms with Gasteiger partial charge in [-0.15, -0.1) is 0 Å². The first-order valence-electron chi connectivity index (χ1n) is 6.13. The molecule has 102 valence electrons. The van der Waals surface area contributed by atoms with E-state index in [1.807, 2.05) is 6.92 Å². The third-order valence-electron chi connectivity index (χ3n) is 3.44. The Labute approximate surface area is 119 Å². The summed E-state index contributed by atoms with van der Waals surface area (Å²) in [4.78, 5) is 29.1. The Hall–Kier alpha value is -1.43. The summed E-state index contributed by atoms with van der Waals surface area (Å²) in [7, 11) is 0. The molecule has 0 saturated carbocycles. The SMILES string of the molecule is CC1CN(C(=O)c2cccc(Br)n2)CCC1C(=O)O. The van der Waals surface area contributed by atoms with Gasteiger partial charge in [0, 0.05) is 13.1 Å². The van der Waals surface area contributed by atoms with Crippen molar-refractivity contribution in [3.8, 4) is 0 Å². The van der Waals surface area contributed by atoms with Crippen LogP contribution in [-0.2, 0) is 4.79 Å². The molecular formula is C13H15BrN2O3. The van der Waals surface area contributed by atoms with Gasteiger partial charge in [0.25, 0.3) is 5.91 Å².